The van der Waals surface area contributed by atoms with Crippen LogP contribution in [-0.4, -0.2) is 0 Å². The van der Waals surface area contributed by atoms with Crippen LogP contribution in [0.25, 0.3) is 88.0 Å². The van der Waals surface area contributed by atoms with Crippen LogP contribution in [0, 0.1) is 0 Å². The summed E-state index contributed by atoms with van der Waals surface area (Å²) in [7, 11) is 0. The zero-order valence-corrected chi connectivity index (χ0v) is 28.8. The molecule has 10 rings (SSSR count). The summed E-state index contributed by atoms with van der Waals surface area (Å²) in [6.45, 7) is 4.74. The van der Waals surface area contributed by atoms with Gasteiger partial charge in [0.15, 0.2) is 0 Å². The summed E-state index contributed by atoms with van der Waals surface area (Å²) in [6.07, 6.45) is 0. The van der Waals surface area contributed by atoms with E-state index < -0.39 is 0 Å². The maximum Gasteiger partial charge on any atom is 0.0165 e. The molecule has 0 aliphatic heterocycles. The van der Waals surface area contributed by atoms with Crippen LogP contribution in [0.4, 0.5) is 0 Å². The van der Waals surface area contributed by atoms with E-state index in [9.17, 15) is 0 Å². The SMILES string of the molecule is CC1(C)c2ccccc2-c2cccc(-c3ccc(-c4c5ccccc5c(-c5cccc(-c6ccc7ccccc7c6)c5)c5ccccc45)cc3)c21. The van der Waals surface area contributed by atoms with Crippen molar-refractivity contribution < 1.29 is 0 Å². The lowest BCUT2D eigenvalue weighted by Crippen LogP contribution is -2.16. The van der Waals surface area contributed by atoms with Crippen molar-refractivity contribution in [2.75, 3.05) is 0 Å². The molecule has 0 saturated heterocycles. The van der Waals surface area contributed by atoms with Gasteiger partial charge in [-0.05, 0) is 111 Å². The van der Waals surface area contributed by atoms with E-state index >= 15 is 0 Å². The third-order valence-electron chi connectivity index (χ3n) is 11.2. The normalized spacial score (nSPS) is 13.1. The van der Waals surface area contributed by atoms with Gasteiger partial charge in [-0.15, -0.1) is 0 Å². The highest BCUT2D eigenvalue weighted by atomic mass is 14.4. The minimum atomic E-state index is -0.0605. The molecular weight excluding hydrogens is 613 g/mol. The first-order valence-corrected chi connectivity index (χ1v) is 17.9. The molecule has 0 saturated carbocycles. The van der Waals surface area contributed by atoms with Crippen LogP contribution in [0.1, 0.15) is 25.0 Å². The summed E-state index contributed by atoms with van der Waals surface area (Å²) < 4.78 is 0. The molecule has 0 amide bonds. The minimum Gasteiger partial charge on any atom is -0.0619 e. The van der Waals surface area contributed by atoms with E-state index in [1.165, 1.54) is 99.1 Å². The highest BCUT2D eigenvalue weighted by molar-refractivity contribution is 6.21. The van der Waals surface area contributed by atoms with Gasteiger partial charge in [-0.25, -0.2) is 0 Å². The first-order valence-electron chi connectivity index (χ1n) is 17.9. The fourth-order valence-electron chi connectivity index (χ4n) is 8.88. The van der Waals surface area contributed by atoms with Crippen LogP contribution in [-0.2, 0) is 5.41 Å². The molecule has 240 valence electrons. The molecule has 0 nitrogen and oxygen atoms in total. The molecule has 0 spiro atoms. The second-order valence-corrected chi connectivity index (χ2v) is 14.5. The molecule has 1 aliphatic rings. The van der Waals surface area contributed by atoms with Gasteiger partial charge in [0.25, 0.3) is 0 Å². The molecule has 0 radical (unpaired) electrons. The van der Waals surface area contributed by atoms with Gasteiger partial charge in [-0.3, -0.25) is 0 Å². The third kappa shape index (κ3) is 4.60. The Kier molecular flexibility index (Phi) is 6.63. The van der Waals surface area contributed by atoms with Gasteiger partial charge in [0.1, 0.15) is 0 Å². The van der Waals surface area contributed by atoms with Crippen molar-refractivity contribution in [2.24, 2.45) is 0 Å². The van der Waals surface area contributed by atoms with Crippen molar-refractivity contribution >= 4 is 32.3 Å². The summed E-state index contributed by atoms with van der Waals surface area (Å²) >= 11 is 0. The molecule has 9 aromatic carbocycles. The molecule has 0 bridgehead atoms. The molecule has 0 N–H and O–H groups in total. The Balaban J connectivity index is 1.12. The van der Waals surface area contributed by atoms with Crippen LogP contribution in [0.5, 0.6) is 0 Å². The van der Waals surface area contributed by atoms with Gasteiger partial charge in [0.2, 0.25) is 0 Å². The topological polar surface area (TPSA) is 0 Å². The van der Waals surface area contributed by atoms with Crippen LogP contribution < -0.4 is 0 Å². The van der Waals surface area contributed by atoms with Crippen molar-refractivity contribution in [3.05, 3.63) is 193 Å². The fourth-order valence-corrected chi connectivity index (χ4v) is 8.88. The number of benzene rings is 9. The lowest BCUT2D eigenvalue weighted by molar-refractivity contribution is 0.662. The second kappa shape index (κ2) is 11.4. The molecular formula is C51H36. The Morgan fingerprint density at radius 3 is 1.53 bits per heavy atom. The Hall–Kier alpha value is -6.24. The lowest BCUT2D eigenvalue weighted by atomic mass is 9.78. The van der Waals surface area contributed by atoms with Gasteiger partial charge in [-0.2, -0.15) is 0 Å². The molecule has 0 heterocycles. The molecule has 0 heteroatoms. The maximum atomic E-state index is 2.37. The highest BCUT2D eigenvalue weighted by Gasteiger charge is 2.37. The van der Waals surface area contributed by atoms with Gasteiger partial charge in [0.05, 0.1) is 0 Å². The summed E-state index contributed by atoms with van der Waals surface area (Å²) in [5.74, 6) is 0. The van der Waals surface area contributed by atoms with E-state index in [-0.39, 0.29) is 5.41 Å². The maximum absolute atomic E-state index is 2.37. The van der Waals surface area contributed by atoms with E-state index in [2.05, 4.69) is 196 Å². The van der Waals surface area contributed by atoms with Gasteiger partial charge >= 0.3 is 0 Å². The molecule has 51 heavy (non-hydrogen) atoms. The molecule has 1 aliphatic carbocycles. The molecule has 0 unspecified atom stereocenters. The molecule has 9 aromatic rings. The van der Waals surface area contributed by atoms with Gasteiger partial charge in [0, 0.05) is 5.41 Å². The standard InChI is InChI=1S/C51H36/c1-51(2)47-24-10-9-17-41(47)46-23-12-22-40(50(46)51)34-26-28-35(29-27-34)48-42-18-5-7-20-44(42)49(45-21-8-6-19-43(45)48)39-16-11-15-37(32-39)38-30-25-33-13-3-4-14-36(33)31-38/h3-32H,1-2H3. The van der Waals surface area contributed by atoms with Gasteiger partial charge < -0.3 is 0 Å². The Labute approximate surface area is 299 Å². The third-order valence-corrected chi connectivity index (χ3v) is 11.2. The average Bonchev–Trinajstić information content (AvgIpc) is 3.43. The number of hydrogen-bond donors (Lipinski definition) is 0. The first kappa shape index (κ1) is 29.7. The predicted molar refractivity (Wildman–Crippen MR) is 218 cm³/mol. The van der Waals surface area contributed by atoms with Crippen molar-refractivity contribution in [1.29, 1.82) is 0 Å². The molecule has 0 fully saturated rings. The Bertz CT molecular complexity index is 2760. The fraction of sp³-hybridized carbons (Fsp3) is 0.0588. The monoisotopic (exact) mass is 648 g/mol. The minimum absolute atomic E-state index is 0.0605. The molecule has 0 aromatic heterocycles. The van der Waals surface area contributed by atoms with Crippen LogP contribution in [0.3, 0.4) is 0 Å². The Morgan fingerprint density at radius 1 is 0.314 bits per heavy atom. The van der Waals surface area contributed by atoms with Crippen LogP contribution in [0.15, 0.2) is 182 Å². The zero-order chi connectivity index (χ0) is 34.1. The lowest BCUT2D eigenvalue weighted by Gasteiger charge is -2.24. The number of rotatable bonds is 4. The van der Waals surface area contributed by atoms with E-state index in [4.69, 9.17) is 0 Å². The summed E-state index contributed by atoms with van der Waals surface area (Å²) in [4.78, 5) is 0. The summed E-state index contributed by atoms with van der Waals surface area (Å²) in [6, 6.07) is 67.4. The summed E-state index contributed by atoms with van der Waals surface area (Å²) in [5.41, 5.74) is 15.6. The van der Waals surface area contributed by atoms with E-state index in [0.29, 0.717) is 0 Å². The zero-order valence-electron chi connectivity index (χ0n) is 28.8. The van der Waals surface area contributed by atoms with Crippen molar-refractivity contribution in [3.63, 3.8) is 0 Å². The van der Waals surface area contributed by atoms with Crippen molar-refractivity contribution in [3.8, 4) is 55.6 Å². The highest BCUT2D eigenvalue weighted by Crippen LogP contribution is 2.52. The van der Waals surface area contributed by atoms with Crippen molar-refractivity contribution in [1.82, 2.24) is 0 Å². The van der Waals surface area contributed by atoms with E-state index in [1.807, 2.05) is 0 Å². The largest absolute Gasteiger partial charge is 0.0619 e. The number of fused-ring (bicyclic) bond motifs is 6. The van der Waals surface area contributed by atoms with Crippen LogP contribution >= 0.6 is 0 Å². The quantitative estimate of drug-likeness (QED) is 0.167. The van der Waals surface area contributed by atoms with Gasteiger partial charge in [-0.1, -0.05) is 184 Å². The molecule has 0 atom stereocenters. The first-order chi connectivity index (χ1) is 25.1. The number of hydrogen-bond acceptors (Lipinski definition) is 0. The van der Waals surface area contributed by atoms with E-state index in [1.54, 1.807) is 0 Å². The average molecular weight is 649 g/mol. The van der Waals surface area contributed by atoms with Crippen LogP contribution in [0.2, 0.25) is 0 Å². The summed E-state index contributed by atoms with van der Waals surface area (Å²) in [5, 5.41) is 7.61. The van der Waals surface area contributed by atoms with E-state index in [0.717, 1.165) is 0 Å². The Morgan fingerprint density at radius 2 is 0.804 bits per heavy atom. The predicted octanol–water partition coefficient (Wildman–Crippen LogP) is 14.1. The second-order valence-electron chi connectivity index (χ2n) is 14.5. The smallest absolute Gasteiger partial charge is 0.0165 e. The van der Waals surface area contributed by atoms with Crippen molar-refractivity contribution in [2.45, 2.75) is 19.3 Å².